The quantitative estimate of drug-likeness (QED) is 0.0847. The Hall–Kier alpha value is -2.43. The van der Waals surface area contributed by atoms with Gasteiger partial charge < -0.3 is 24.8 Å². The average Bonchev–Trinajstić information content (AvgIpc) is 3.89. The summed E-state index contributed by atoms with van der Waals surface area (Å²) in [6, 6.07) is 42.2. The minimum absolute atomic E-state index is 0. The summed E-state index contributed by atoms with van der Waals surface area (Å²) in [5, 5.41) is 5.66. The number of halogens is 5. The average molecular weight is 989 g/mol. The van der Waals surface area contributed by atoms with Crippen LogP contribution in [0.4, 0.5) is 13.2 Å². The molecule has 0 nitrogen and oxygen atoms in total. The molecule has 2 unspecified atom stereocenters. The summed E-state index contributed by atoms with van der Waals surface area (Å²) in [6.07, 6.45) is 14.7. The minimum Gasteiger partial charge on any atom is -1.00 e. The Kier molecular flexibility index (Phi) is 22.0. The zero-order valence-corrected chi connectivity index (χ0v) is 43.4. The first kappa shape index (κ1) is 53.2. The molecule has 2 saturated carbocycles. The normalized spacial score (nSPS) is 15.6. The Morgan fingerprint density at radius 2 is 0.984 bits per heavy atom. The van der Waals surface area contributed by atoms with Crippen LogP contribution in [0, 0.1) is 11.8 Å². The standard InChI is InChI=1S/2C26H31.C4H7F3Si.2ClH.Zr/c2*1-3-19(2)22-12-14-23(15-13-22)25-11-7-10-24-17-21(18-26(24)25)16-20-8-5-4-6-9-20;1-8-3-2-4(5,6)7;;;/h2*7,10-15,17-20H,3-6,8-9,16H2,1-2H3;2-3H2,1H3;2*1H;/q2*-1;;;;+2/p-2. The van der Waals surface area contributed by atoms with Gasteiger partial charge in [0, 0.05) is 0 Å². The maximum absolute atomic E-state index is 11.4. The number of benzene rings is 4. The molecule has 2 aliphatic carbocycles. The molecule has 0 N–H and O–H groups in total. The molecule has 2 aliphatic rings. The van der Waals surface area contributed by atoms with Crippen LogP contribution in [-0.4, -0.2) is 11.6 Å². The predicted molar refractivity (Wildman–Crippen MR) is 255 cm³/mol. The van der Waals surface area contributed by atoms with Gasteiger partial charge in [-0.3, -0.25) is 0 Å². The number of alkyl halides is 3. The van der Waals surface area contributed by atoms with Crippen LogP contribution in [0.1, 0.15) is 145 Å². The van der Waals surface area contributed by atoms with Gasteiger partial charge in [-0.1, -0.05) is 164 Å². The fourth-order valence-electron chi connectivity index (χ4n) is 9.57. The SMILES string of the molecule is CCC(C)c1ccc(-c2cccc3[cH-]c(CC4CCCCC4)cc23)cc1.CCC(C)c1ccc(-c2cccc3[cH-]c(CC4CCCCC4)cc23)cc1.C[Si](=[Zr+2])CCC(F)(F)F.[Cl-].[Cl-]. The van der Waals surface area contributed by atoms with Crippen molar-refractivity contribution in [3.63, 3.8) is 0 Å². The molecule has 0 bridgehead atoms. The molecule has 63 heavy (non-hydrogen) atoms. The van der Waals surface area contributed by atoms with E-state index in [-0.39, 0.29) is 24.8 Å². The van der Waals surface area contributed by atoms with Crippen molar-refractivity contribution < 1.29 is 61.3 Å². The van der Waals surface area contributed by atoms with E-state index < -0.39 is 18.0 Å². The first-order valence-corrected chi connectivity index (χ1v) is 29.5. The van der Waals surface area contributed by atoms with Gasteiger partial charge in [0.05, 0.1) is 0 Å². The van der Waals surface area contributed by atoms with E-state index >= 15 is 0 Å². The van der Waals surface area contributed by atoms with E-state index in [1.807, 2.05) is 6.55 Å². The monoisotopic (exact) mass is 986 g/mol. The van der Waals surface area contributed by atoms with Crippen LogP contribution in [0.15, 0.2) is 109 Å². The van der Waals surface area contributed by atoms with E-state index in [1.165, 1.54) is 179 Å². The van der Waals surface area contributed by atoms with Gasteiger partial charge >= 0.3 is 67.1 Å². The summed E-state index contributed by atoms with van der Waals surface area (Å²) in [7, 11) is 0. The van der Waals surface area contributed by atoms with Gasteiger partial charge in [0.25, 0.3) is 0 Å². The largest absolute Gasteiger partial charge is 1.00 e. The predicted octanol–water partition coefficient (Wildman–Crippen LogP) is 11.8. The summed E-state index contributed by atoms with van der Waals surface area (Å²) >= 11 is 1.29. The molecule has 0 saturated heterocycles. The maximum Gasteiger partial charge on any atom is -1.00 e. The molecular weight excluding hydrogens is 920 g/mol. The van der Waals surface area contributed by atoms with Gasteiger partial charge in [0.15, 0.2) is 0 Å². The molecule has 338 valence electrons. The fourth-order valence-corrected chi connectivity index (χ4v) is 11.1. The molecule has 0 spiro atoms. The second-order valence-electron chi connectivity index (χ2n) is 18.5. The molecular formula is C56H69Cl2F3SiZr-2. The number of fused-ring (bicyclic) bond motifs is 2. The zero-order valence-electron chi connectivity index (χ0n) is 38.4. The van der Waals surface area contributed by atoms with Gasteiger partial charge in [-0.25, -0.2) is 0 Å². The third-order valence-corrected chi connectivity index (χ3v) is 16.6. The minimum atomic E-state index is -3.93. The summed E-state index contributed by atoms with van der Waals surface area (Å²) in [5.74, 6) is 3.08. The molecule has 7 heteroatoms. The second kappa shape index (κ2) is 26.0. The van der Waals surface area contributed by atoms with Crippen LogP contribution >= 0.6 is 0 Å². The van der Waals surface area contributed by atoms with E-state index in [1.54, 1.807) is 0 Å². The van der Waals surface area contributed by atoms with E-state index in [0.29, 0.717) is 17.9 Å². The van der Waals surface area contributed by atoms with Crippen molar-refractivity contribution in [2.24, 2.45) is 11.8 Å². The van der Waals surface area contributed by atoms with Gasteiger partial charge in [-0.2, -0.15) is 12.1 Å². The van der Waals surface area contributed by atoms with Gasteiger partial charge in [0.2, 0.25) is 0 Å². The van der Waals surface area contributed by atoms with Crippen LogP contribution in [0.3, 0.4) is 0 Å². The van der Waals surface area contributed by atoms with Gasteiger partial charge in [-0.05, 0) is 71.6 Å². The molecule has 6 aromatic carbocycles. The second-order valence-corrected chi connectivity index (χ2v) is 26.9. The van der Waals surface area contributed by atoms with Crippen molar-refractivity contribution in [2.75, 3.05) is 0 Å². The fraction of sp³-hybridized carbons (Fsp3) is 0.464. The molecule has 6 aromatic rings. The van der Waals surface area contributed by atoms with Crippen LogP contribution in [0.5, 0.6) is 0 Å². The Labute approximate surface area is 405 Å². The molecule has 8 rings (SSSR count). The number of hydrogen-bond acceptors (Lipinski definition) is 0. The Morgan fingerprint density at radius 3 is 1.30 bits per heavy atom. The van der Waals surface area contributed by atoms with Gasteiger partial charge in [-0.15, -0.1) is 69.1 Å². The Balaban J connectivity index is 0.000000226. The van der Waals surface area contributed by atoms with Crippen molar-refractivity contribution in [3.8, 4) is 22.3 Å². The van der Waals surface area contributed by atoms with Crippen molar-refractivity contribution in [1.29, 1.82) is 0 Å². The molecule has 0 heterocycles. The first-order chi connectivity index (χ1) is 29.4. The van der Waals surface area contributed by atoms with E-state index in [2.05, 4.69) is 137 Å². The third-order valence-electron chi connectivity index (χ3n) is 13.7. The van der Waals surface area contributed by atoms with Crippen molar-refractivity contribution in [3.05, 3.63) is 131 Å². The van der Waals surface area contributed by atoms with Gasteiger partial charge in [0.1, 0.15) is 0 Å². The summed E-state index contributed by atoms with van der Waals surface area (Å²) in [6.45, 7) is 11.1. The van der Waals surface area contributed by atoms with E-state index in [4.69, 9.17) is 0 Å². The Morgan fingerprint density at radius 1 is 0.603 bits per heavy atom. The van der Waals surface area contributed by atoms with Crippen LogP contribution in [-0.2, 0) is 36.2 Å². The van der Waals surface area contributed by atoms with Crippen LogP contribution in [0.25, 0.3) is 43.8 Å². The van der Waals surface area contributed by atoms with Crippen molar-refractivity contribution in [2.45, 2.75) is 155 Å². The first-order valence-electron chi connectivity index (χ1n) is 23.6. The zero-order chi connectivity index (χ0) is 43.4. The molecule has 0 aromatic heterocycles. The third kappa shape index (κ3) is 15.9. The van der Waals surface area contributed by atoms with E-state index in [0.717, 1.165) is 11.8 Å². The summed E-state index contributed by atoms with van der Waals surface area (Å²) in [4.78, 5) is 0. The molecule has 2 fully saturated rings. The number of hydrogen-bond donors (Lipinski definition) is 0. The molecule has 0 radical (unpaired) electrons. The maximum atomic E-state index is 11.4. The molecule has 0 aliphatic heterocycles. The van der Waals surface area contributed by atoms with Crippen LogP contribution in [0.2, 0.25) is 12.6 Å². The van der Waals surface area contributed by atoms with Crippen molar-refractivity contribution in [1.82, 2.24) is 0 Å². The summed E-state index contributed by atoms with van der Waals surface area (Å²) < 4.78 is 34.3. The number of rotatable bonds is 12. The summed E-state index contributed by atoms with van der Waals surface area (Å²) in [5.41, 5.74) is 10.8. The molecule has 0 amide bonds. The van der Waals surface area contributed by atoms with Crippen molar-refractivity contribution >= 4 is 27.0 Å². The smallest absolute Gasteiger partial charge is 1.00 e. The molecule has 2 atom stereocenters. The van der Waals surface area contributed by atoms with Crippen LogP contribution < -0.4 is 24.8 Å². The van der Waals surface area contributed by atoms with E-state index in [9.17, 15) is 13.2 Å². The Bertz CT molecular complexity index is 2110. The topological polar surface area (TPSA) is 0 Å².